The summed E-state index contributed by atoms with van der Waals surface area (Å²) in [5.74, 6) is -0.436. The van der Waals surface area contributed by atoms with Gasteiger partial charge in [-0.25, -0.2) is 4.79 Å². The molecule has 1 N–H and O–H groups in total. The summed E-state index contributed by atoms with van der Waals surface area (Å²) in [6.07, 6.45) is 5.95. The van der Waals surface area contributed by atoms with Gasteiger partial charge in [-0.05, 0) is 80.5 Å². The van der Waals surface area contributed by atoms with Gasteiger partial charge in [0.15, 0.2) is 0 Å². The lowest BCUT2D eigenvalue weighted by atomic mass is 9.90. The van der Waals surface area contributed by atoms with E-state index in [4.69, 9.17) is 16.0 Å². The van der Waals surface area contributed by atoms with Gasteiger partial charge in [-0.15, -0.1) is 11.6 Å². The van der Waals surface area contributed by atoms with Gasteiger partial charge in [0.1, 0.15) is 17.2 Å². The minimum Gasteiger partial charge on any atom is -0.422 e. The van der Waals surface area contributed by atoms with Gasteiger partial charge in [-0.2, -0.15) is 5.26 Å². The quantitative estimate of drug-likeness (QED) is 0.165. The van der Waals surface area contributed by atoms with Crippen molar-refractivity contribution in [1.82, 2.24) is 15.1 Å². The molecular weight excluding hydrogens is 618 g/mol. The summed E-state index contributed by atoms with van der Waals surface area (Å²) in [4.78, 5) is 57.6. The molecule has 1 atom stereocenters. The molecule has 3 aromatic rings. The van der Waals surface area contributed by atoms with Crippen LogP contribution in [0, 0.1) is 11.3 Å². The van der Waals surface area contributed by atoms with Crippen LogP contribution in [-0.4, -0.2) is 72.8 Å². The highest BCUT2D eigenvalue weighted by atomic mass is 35.5. The highest BCUT2D eigenvalue weighted by molar-refractivity contribution is 6.17. The Hall–Kier alpha value is -4.62. The Bertz CT molecular complexity index is 1850. The zero-order valence-electron chi connectivity index (χ0n) is 26.5. The molecular formula is C36H38ClN5O5. The van der Waals surface area contributed by atoms with Crippen molar-refractivity contribution in [3.63, 3.8) is 0 Å². The molecule has 0 unspecified atom stereocenters. The van der Waals surface area contributed by atoms with Crippen molar-refractivity contribution in [2.75, 3.05) is 44.2 Å². The molecule has 6 rings (SSSR count). The Kier molecular flexibility index (Phi) is 9.64. The van der Waals surface area contributed by atoms with Crippen LogP contribution in [0.4, 0.5) is 5.69 Å². The molecule has 0 saturated carbocycles. The third-order valence-corrected chi connectivity index (χ3v) is 9.63. The first kappa shape index (κ1) is 32.3. The average molecular weight is 656 g/mol. The van der Waals surface area contributed by atoms with Crippen molar-refractivity contribution in [2.24, 2.45) is 0 Å². The molecule has 3 amide bonds. The number of halogens is 1. The molecule has 0 bridgehead atoms. The van der Waals surface area contributed by atoms with E-state index in [-0.39, 0.29) is 48.5 Å². The van der Waals surface area contributed by atoms with Crippen LogP contribution >= 0.6 is 11.6 Å². The van der Waals surface area contributed by atoms with Crippen molar-refractivity contribution in [3.8, 4) is 6.07 Å². The van der Waals surface area contributed by atoms with Crippen molar-refractivity contribution >= 4 is 52.1 Å². The second-order valence-corrected chi connectivity index (χ2v) is 12.8. The van der Waals surface area contributed by atoms with E-state index in [1.54, 1.807) is 29.2 Å². The average Bonchev–Trinajstić information content (AvgIpc) is 3.10. The number of carbonyl (C=O) groups is 3. The van der Waals surface area contributed by atoms with E-state index in [9.17, 15) is 24.4 Å². The number of benzene rings is 2. The first-order valence-corrected chi connectivity index (χ1v) is 16.8. The van der Waals surface area contributed by atoms with Crippen LogP contribution in [0.1, 0.15) is 65.2 Å². The lowest BCUT2D eigenvalue weighted by molar-refractivity contribution is -0.137. The van der Waals surface area contributed by atoms with Crippen molar-refractivity contribution in [1.29, 1.82) is 5.26 Å². The third kappa shape index (κ3) is 6.91. The minimum absolute atomic E-state index is 0.0588. The normalized spacial score (nSPS) is 16.8. The highest BCUT2D eigenvalue weighted by Crippen LogP contribution is 2.39. The zero-order valence-corrected chi connectivity index (χ0v) is 27.3. The molecule has 0 aliphatic carbocycles. The van der Waals surface area contributed by atoms with Crippen molar-refractivity contribution in [3.05, 3.63) is 80.2 Å². The Morgan fingerprint density at radius 3 is 2.53 bits per heavy atom. The van der Waals surface area contributed by atoms with E-state index in [0.717, 1.165) is 55.3 Å². The Morgan fingerprint density at radius 1 is 1.04 bits per heavy atom. The summed E-state index contributed by atoms with van der Waals surface area (Å²) in [6, 6.07) is 12.7. The SMILES string of the molecule is C[C@H](CCC(=O)N1CCN(C(=O)/C(C#N)=C/c2cc3cc4c5c(c3oc2=O)CCCN5CCC4)CC1)NC(=O)c1cccc(CCl)c1. The zero-order chi connectivity index (χ0) is 33.1. The van der Waals surface area contributed by atoms with Crippen LogP contribution in [0.5, 0.6) is 0 Å². The van der Waals surface area contributed by atoms with Crippen LogP contribution in [0.15, 0.2) is 51.2 Å². The van der Waals surface area contributed by atoms with Gasteiger partial charge in [0, 0.05) is 79.8 Å². The fraction of sp³-hybridized carbons (Fsp3) is 0.417. The number of nitriles is 1. The van der Waals surface area contributed by atoms with Crippen LogP contribution in [0.3, 0.4) is 0 Å². The number of rotatable bonds is 8. The summed E-state index contributed by atoms with van der Waals surface area (Å²) < 4.78 is 5.83. The topological polar surface area (TPSA) is 127 Å². The van der Waals surface area contributed by atoms with E-state index >= 15 is 0 Å². The van der Waals surface area contributed by atoms with Crippen LogP contribution < -0.4 is 15.8 Å². The summed E-state index contributed by atoms with van der Waals surface area (Å²) in [7, 11) is 0. The van der Waals surface area contributed by atoms with Gasteiger partial charge < -0.3 is 24.4 Å². The monoisotopic (exact) mass is 655 g/mol. The number of aryl methyl sites for hydroxylation is 2. The molecule has 0 spiro atoms. The van der Waals surface area contributed by atoms with E-state index in [2.05, 4.69) is 16.3 Å². The summed E-state index contributed by atoms with van der Waals surface area (Å²) in [5, 5.41) is 13.6. The minimum atomic E-state index is -0.577. The fourth-order valence-corrected chi connectivity index (χ4v) is 7.03. The molecule has 1 saturated heterocycles. The van der Waals surface area contributed by atoms with E-state index in [1.807, 2.05) is 19.1 Å². The van der Waals surface area contributed by atoms with Gasteiger partial charge in [-0.1, -0.05) is 12.1 Å². The largest absolute Gasteiger partial charge is 0.422 e. The highest BCUT2D eigenvalue weighted by Gasteiger charge is 2.29. The Balaban J connectivity index is 1.06. The summed E-state index contributed by atoms with van der Waals surface area (Å²) >= 11 is 5.88. The number of nitrogens with one attached hydrogen (secondary N) is 1. The van der Waals surface area contributed by atoms with Gasteiger partial charge in [-0.3, -0.25) is 14.4 Å². The second-order valence-electron chi connectivity index (χ2n) is 12.6. The molecule has 3 aliphatic heterocycles. The van der Waals surface area contributed by atoms with Crippen LogP contribution in [0.25, 0.3) is 17.0 Å². The number of anilines is 1. The van der Waals surface area contributed by atoms with Gasteiger partial charge in [0.2, 0.25) is 5.91 Å². The summed E-state index contributed by atoms with van der Waals surface area (Å²) in [5.41, 5.74) is 4.94. The maximum Gasteiger partial charge on any atom is 0.343 e. The smallest absolute Gasteiger partial charge is 0.343 e. The molecule has 0 radical (unpaired) electrons. The van der Waals surface area contributed by atoms with Crippen LogP contribution in [0.2, 0.25) is 0 Å². The molecule has 4 heterocycles. The maximum absolute atomic E-state index is 13.3. The molecule has 47 heavy (non-hydrogen) atoms. The number of hydrogen-bond acceptors (Lipinski definition) is 7. The molecule has 1 aromatic heterocycles. The molecule has 244 valence electrons. The lowest BCUT2D eigenvalue weighted by Crippen LogP contribution is -2.51. The fourth-order valence-electron chi connectivity index (χ4n) is 6.86. The number of nitrogens with zero attached hydrogens (tertiary/aromatic N) is 4. The third-order valence-electron chi connectivity index (χ3n) is 9.33. The van der Waals surface area contributed by atoms with E-state index < -0.39 is 11.5 Å². The van der Waals surface area contributed by atoms with Gasteiger partial charge in [0.05, 0.1) is 5.56 Å². The Labute approximate surface area is 278 Å². The predicted molar refractivity (Wildman–Crippen MR) is 180 cm³/mol. The first-order chi connectivity index (χ1) is 22.7. The number of alkyl halides is 1. The Morgan fingerprint density at radius 2 is 1.79 bits per heavy atom. The van der Waals surface area contributed by atoms with E-state index in [0.29, 0.717) is 36.5 Å². The number of carbonyl (C=O) groups excluding carboxylic acids is 3. The molecule has 10 nitrogen and oxygen atoms in total. The van der Waals surface area contributed by atoms with E-state index in [1.165, 1.54) is 22.2 Å². The van der Waals surface area contributed by atoms with Crippen molar-refractivity contribution < 1.29 is 18.8 Å². The predicted octanol–water partition coefficient (Wildman–Crippen LogP) is 4.41. The maximum atomic E-state index is 13.3. The first-order valence-electron chi connectivity index (χ1n) is 16.3. The molecule has 11 heteroatoms. The summed E-state index contributed by atoms with van der Waals surface area (Å²) in [6.45, 7) is 5.08. The standard InChI is InChI=1S/C36H38ClN5O5/c1-23(39-34(44)26-6-2-5-24(17-26)21-37)9-10-31(43)40-13-15-42(16-14-40)35(45)29(22-38)20-28-19-27-18-25-7-3-11-41-12-4-8-30(32(25)41)33(27)47-36(28)46/h2,5-6,17-20,23H,3-4,7-16,21H2,1H3,(H,39,44)/b29-20+/t23-/m1/s1. The van der Waals surface area contributed by atoms with Gasteiger partial charge >= 0.3 is 5.63 Å². The second kappa shape index (κ2) is 14.0. The van der Waals surface area contributed by atoms with Crippen LogP contribution in [-0.2, 0) is 28.3 Å². The number of piperazine rings is 1. The molecule has 1 fully saturated rings. The molecule has 3 aliphatic rings. The van der Waals surface area contributed by atoms with Gasteiger partial charge in [0.25, 0.3) is 11.8 Å². The number of fused-ring (bicyclic) bond motifs is 2. The lowest BCUT2D eigenvalue weighted by Gasteiger charge is -2.37. The van der Waals surface area contributed by atoms with Crippen molar-refractivity contribution in [2.45, 2.75) is 57.4 Å². The number of hydrogen-bond donors (Lipinski definition) is 1. The molecule has 2 aromatic carbocycles. The number of amides is 3.